The number of pyridine rings is 2. The van der Waals surface area contributed by atoms with E-state index in [0.717, 1.165) is 108 Å². The lowest BCUT2D eigenvalue weighted by atomic mass is 10.0. The maximum atomic E-state index is 6.07. The molecule has 0 amide bonds. The molecule has 14 heterocycles. The number of hydrogen-bond donors (Lipinski definition) is 0. The minimum Gasteiger partial charge on any atom is -0.314 e. The lowest BCUT2D eigenvalue weighted by Gasteiger charge is -2.09. The second-order valence-corrected chi connectivity index (χ2v) is 30.6. The summed E-state index contributed by atoms with van der Waals surface area (Å²) in [6.07, 6.45) is 10.8. The summed E-state index contributed by atoms with van der Waals surface area (Å²) >= 11 is 48.6. The van der Waals surface area contributed by atoms with E-state index in [2.05, 4.69) is 161 Å². The first kappa shape index (κ1) is 74.9. The van der Waals surface area contributed by atoms with Crippen LogP contribution in [-0.2, 0) is 0 Å². The molecule has 0 fully saturated rings. The van der Waals surface area contributed by atoms with Gasteiger partial charge in [0.15, 0.2) is 0 Å². The van der Waals surface area contributed by atoms with Crippen molar-refractivity contribution in [1.29, 1.82) is 0 Å². The summed E-state index contributed by atoms with van der Waals surface area (Å²) in [5.41, 5.74) is 15.3. The molecule has 110 heavy (non-hydrogen) atoms. The van der Waals surface area contributed by atoms with E-state index >= 15 is 0 Å². The van der Waals surface area contributed by atoms with Gasteiger partial charge in [-0.2, -0.15) is 0 Å². The Bertz CT molecular complexity index is 6520. The van der Waals surface area contributed by atoms with Gasteiger partial charge in [0.2, 0.25) is 21.1 Å². The Balaban J connectivity index is 0.000000104. The first-order chi connectivity index (χ1) is 53.9. The number of nitrogens with zero attached hydrogens (tertiary/aromatic N) is 14. The van der Waals surface area contributed by atoms with Crippen molar-refractivity contribution < 1.29 is 0 Å². The average molecular weight is 1660 g/mol. The van der Waals surface area contributed by atoms with Crippen LogP contribution in [0.2, 0.25) is 36.6 Å². The summed E-state index contributed by atoms with van der Waals surface area (Å²) in [5, 5.41) is 19.5. The number of thiophene rings is 5. The quantitative estimate of drug-likeness (QED) is 0.114. The summed E-state index contributed by atoms with van der Waals surface area (Å²) in [4.78, 5) is 53.8. The minimum atomic E-state index is 0.271. The van der Waals surface area contributed by atoms with E-state index in [-0.39, 0.29) is 21.1 Å². The molecule has 0 aliphatic rings. The van der Waals surface area contributed by atoms with Gasteiger partial charge in [-0.1, -0.05) is 193 Å². The molecule has 0 saturated heterocycles. The van der Waals surface area contributed by atoms with E-state index in [0.29, 0.717) is 15.5 Å². The smallest absolute Gasteiger partial charge is 0.224 e. The van der Waals surface area contributed by atoms with Gasteiger partial charge >= 0.3 is 0 Å². The summed E-state index contributed by atoms with van der Waals surface area (Å²) in [5.74, 6) is 0. The van der Waals surface area contributed by atoms with Crippen molar-refractivity contribution in [3.05, 3.63) is 343 Å². The van der Waals surface area contributed by atoms with E-state index in [1.165, 1.54) is 32.2 Å². The first-order valence-electron chi connectivity index (χ1n) is 33.4. The van der Waals surface area contributed by atoms with Crippen LogP contribution in [0.1, 0.15) is 0 Å². The van der Waals surface area contributed by atoms with Gasteiger partial charge in [-0.15, -0.1) is 56.7 Å². The predicted molar refractivity (Wildman–Crippen MR) is 464 cm³/mol. The van der Waals surface area contributed by atoms with E-state index in [1.807, 2.05) is 183 Å². The molecule has 0 aliphatic heterocycles. The Hall–Kier alpha value is -10.6. The number of hydrogen-bond acceptors (Lipinski definition) is 17. The van der Waals surface area contributed by atoms with Crippen molar-refractivity contribution in [1.82, 2.24) is 68.9 Å². The highest BCUT2D eigenvalue weighted by Gasteiger charge is 2.15. The molecule has 14 aromatic heterocycles. The van der Waals surface area contributed by atoms with Gasteiger partial charge in [-0.05, 0) is 186 Å². The summed E-state index contributed by atoms with van der Waals surface area (Å²) in [6, 6.07) is 81.6. The highest BCUT2D eigenvalue weighted by atomic mass is 35.5. The maximum Gasteiger partial charge on any atom is 0.224 e. The fourth-order valence-electron chi connectivity index (χ4n) is 11.6. The zero-order valence-corrected chi connectivity index (χ0v) is 66.3. The van der Waals surface area contributed by atoms with Crippen LogP contribution in [0.25, 0.3) is 140 Å². The van der Waals surface area contributed by atoms with Crippen LogP contribution in [0.15, 0.2) is 307 Å². The fraction of sp³-hybridized carbons (Fsp3) is 0. The molecule has 0 aliphatic carbocycles. The SMILES string of the molecule is Clc1cc2sccc2cn1.Clc1ccc2ccsc2n1.Clc1cnc2ccsc2n1.Clc1nc(-c2ccc(-c3ccccc3)cc2)c2ccsc2n1.Clc1nc(-c2cccc(-c3ccccc3)c2)c2ccsc2n1.Clc1ncc2c(ccn2-c2cccc3ccccc23)n1.Clc1ncc2c(ccn2-c2ccccc2)n1. The monoisotopic (exact) mass is 1660 g/mol. The zero-order valence-electron chi connectivity index (χ0n) is 56.9. The van der Waals surface area contributed by atoms with Crippen molar-refractivity contribution in [3.8, 4) is 56.1 Å². The molecule has 14 nitrogen and oxygen atoms in total. The number of halogens is 7. The van der Waals surface area contributed by atoms with Crippen molar-refractivity contribution in [2.45, 2.75) is 0 Å². The minimum absolute atomic E-state index is 0.271. The molecule has 21 rings (SSSR count). The molecule has 21 aromatic rings. The van der Waals surface area contributed by atoms with Gasteiger partial charge in [0.25, 0.3) is 0 Å². The number of fused-ring (bicyclic) bond motifs is 8. The molecular weight excluding hydrogens is 1610 g/mol. The number of aromatic nitrogens is 14. The maximum absolute atomic E-state index is 6.07. The van der Waals surface area contributed by atoms with Crippen LogP contribution in [-0.4, -0.2) is 68.9 Å². The first-order valence-corrected chi connectivity index (χ1v) is 40.4. The van der Waals surface area contributed by atoms with E-state index in [1.54, 1.807) is 87.5 Å². The highest BCUT2D eigenvalue weighted by molar-refractivity contribution is 7.18. The van der Waals surface area contributed by atoms with E-state index in [4.69, 9.17) is 81.2 Å². The van der Waals surface area contributed by atoms with Gasteiger partial charge in [0.05, 0.1) is 63.2 Å². The fourth-order valence-corrected chi connectivity index (χ4v) is 16.8. The van der Waals surface area contributed by atoms with Crippen LogP contribution in [0.3, 0.4) is 0 Å². The molecule has 7 aromatic carbocycles. The van der Waals surface area contributed by atoms with Gasteiger partial charge in [-0.3, -0.25) is 4.98 Å². The normalized spacial score (nSPS) is 10.9. The van der Waals surface area contributed by atoms with Gasteiger partial charge in [-0.25, -0.2) is 54.8 Å². The van der Waals surface area contributed by atoms with Crippen LogP contribution in [0, 0.1) is 0 Å². The lowest BCUT2D eigenvalue weighted by molar-refractivity contribution is 1.11. The molecular formula is C84H51Cl7N14S5. The molecule has 0 atom stereocenters. The van der Waals surface area contributed by atoms with Gasteiger partial charge in [0, 0.05) is 67.0 Å². The van der Waals surface area contributed by atoms with Crippen molar-refractivity contribution in [2.75, 3.05) is 0 Å². The number of rotatable bonds is 6. The van der Waals surface area contributed by atoms with Gasteiger partial charge < -0.3 is 9.13 Å². The van der Waals surface area contributed by atoms with Crippen LogP contribution < -0.4 is 0 Å². The lowest BCUT2D eigenvalue weighted by Crippen LogP contribution is -1.94. The zero-order chi connectivity index (χ0) is 75.3. The highest BCUT2D eigenvalue weighted by Crippen LogP contribution is 2.36. The summed E-state index contributed by atoms with van der Waals surface area (Å²) < 4.78 is 5.32. The molecule has 0 N–H and O–H groups in total. The predicted octanol–water partition coefficient (Wildman–Crippen LogP) is 26.9. The number of para-hydroxylation sites is 1. The Morgan fingerprint density at radius 2 is 0.782 bits per heavy atom. The van der Waals surface area contributed by atoms with Crippen molar-refractivity contribution in [2.24, 2.45) is 0 Å². The van der Waals surface area contributed by atoms with Crippen molar-refractivity contribution in [3.63, 3.8) is 0 Å². The van der Waals surface area contributed by atoms with E-state index in [9.17, 15) is 0 Å². The topological polar surface area (TPSA) is 165 Å². The Morgan fingerprint density at radius 1 is 0.264 bits per heavy atom. The Kier molecular flexibility index (Phi) is 24.1. The average Bonchev–Trinajstić information content (AvgIpc) is 1.54. The van der Waals surface area contributed by atoms with Gasteiger partial charge in [0.1, 0.15) is 34.8 Å². The van der Waals surface area contributed by atoms with Crippen LogP contribution >= 0.6 is 138 Å². The summed E-state index contributed by atoms with van der Waals surface area (Å²) in [7, 11) is 0. The molecule has 0 bridgehead atoms. The van der Waals surface area contributed by atoms with E-state index < -0.39 is 0 Å². The standard InChI is InChI=1S/2C18H11ClN2S.C16H10ClN3.C12H8ClN3.2C7H4ClNS.C6H3ClN2S/c19-18-20-16(15-9-10-22-17(15)21-18)14-8-4-7-13(11-14)12-5-2-1-3-6-12;19-18-20-16(15-10-11-22-17(15)21-18)14-8-6-13(7-9-14)12-4-2-1-3-5-12;17-16-18-10-15-13(19-16)8-9-20(15)14-7-3-5-11-4-1-2-6-12(11)14;13-12-14-8-11-10(15-12)6-7-16(11)9-4-2-1-3-5-9;8-7-3-6-5(4-9-7)1-2-10-6;8-6-2-1-5-3-4-10-7(5)9-6;7-5-3-8-4-1-2-10-6(4)9-5/h2*1-11H;1-10H;1-8H;2*1-4H;1-3H. The second kappa shape index (κ2) is 35.4. The Labute approximate surface area is 683 Å². The van der Waals surface area contributed by atoms with Crippen LogP contribution in [0.5, 0.6) is 0 Å². The van der Waals surface area contributed by atoms with Crippen LogP contribution in [0.4, 0.5) is 0 Å². The Morgan fingerprint density at radius 3 is 1.48 bits per heavy atom. The molecule has 0 unspecified atom stereocenters. The molecule has 0 radical (unpaired) electrons. The molecule has 26 heteroatoms. The molecule has 0 spiro atoms. The summed E-state index contributed by atoms with van der Waals surface area (Å²) in [6.45, 7) is 0. The molecule has 536 valence electrons. The van der Waals surface area contributed by atoms with Crippen molar-refractivity contribution >= 4 is 222 Å². The molecule has 0 saturated carbocycles. The number of benzene rings is 7. The third kappa shape index (κ3) is 18.1. The largest absolute Gasteiger partial charge is 0.314 e. The second-order valence-electron chi connectivity index (χ2n) is 23.6. The third-order valence-electron chi connectivity index (χ3n) is 16.7. The third-order valence-corrected chi connectivity index (χ3v) is 22.1.